The highest BCUT2D eigenvalue weighted by atomic mass is 35.5. The maximum atomic E-state index is 2.52. The molecular weight excluding hydrogens is 434 g/mol. The Morgan fingerprint density at radius 2 is 0.676 bits per heavy atom. The van der Waals surface area contributed by atoms with Gasteiger partial charge in [0.1, 0.15) is 0 Å². The normalized spacial score (nSPS) is 13.2. The molecule has 0 radical (unpaired) electrons. The topological polar surface area (TPSA) is 3.24 Å². The van der Waals surface area contributed by atoms with E-state index >= 15 is 0 Å². The molecule has 0 spiro atoms. The van der Waals surface area contributed by atoms with Crippen LogP contribution in [-0.4, -0.2) is 25.0 Å². The molecule has 2 heteroatoms. The summed E-state index contributed by atoms with van der Waals surface area (Å²) in [6.45, 7) is 7.13. The van der Waals surface area contributed by atoms with Crippen molar-refractivity contribution in [2.24, 2.45) is 5.92 Å². The Labute approximate surface area is 224 Å². The Hall–Kier alpha value is 0.250. The highest BCUT2D eigenvalue weighted by Gasteiger charge is 2.18. The summed E-state index contributed by atoms with van der Waals surface area (Å²) in [4.78, 5) is 2.52. The van der Waals surface area contributed by atoms with Crippen molar-refractivity contribution < 1.29 is 0 Å². The molecular formula is C32H68ClN. The molecule has 0 aromatic heterocycles. The Balaban J connectivity index is 0. The van der Waals surface area contributed by atoms with Crippen LogP contribution < -0.4 is 0 Å². The van der Waals surface area contributed by atoms with Gasteiger partial charge in [-0.05, 0) is 32.9 Å². The van der Waals surface area contributed by atoms with Gasteiger partial charge in [-0.15, -0.1) is 12.4 Å². The molecule has 0 aliphatic carbocycles. The summed E-state index contributed by atoms with van der Waals surface area (Å²) in [6, 6.07) is 0.788. The lowest BCUT2D eigenvalue weighted by Crippen LogP contribution is -2.34. The van der Waals surface area contributed by atoms with Crippen molar-refractivity contribution in [3.8, 4) is 0 Å². The second-order valence-electron chi connectivity index (χ2n) is 11.5. The van der Waals surface area contributed by atoms with Crippen LogP contribution in [0.15, 0.2) is 0 Å². The van der Waals surface area contributed by atoms with E-state index in [4.69, 9.17) is 0 Å². The third-order valence-corrected chi connectivity index (χ3v) is 7.94. The number of unbranched alkanes of at least 4 members (excludes halogenated alkanes) is 21. The number of nitrogens with zero attached hydrogens (tertiary/aromatic N) is 1. The first-order valence-electron chi connectivity index (χ1n) is 15.8. The highest BCUT2D eigenvalue weighted by Crippen LogP contribution is 2.23. The fourth-order valence-electron chi connectivity index (χ4n) is 5.57. The van der Waals surface area contributed by atoms with E-state index in [1.165, 1.54) is 161 Å². The maximum Gasteiger partial charge on any atom is 0.0115 e. The predicted molar refractivity (Wildman–Crippen MR) is 161 cm³/mol. The fourth-order valence-corrected chi connectivity index (χ4v) is 5.57. The summed E-state index contributed by atoms with van der Waals surface area (Å²) in [5, 5.41) is 0. The van der Waals surface area contributed by atoms with Crippen molar-refractivity contribution in [1.82, 2.24) is 4.90 Å². The minimum absolute atomic E-state index is 0. The first-order valence-corrected chi connectivity index (χ1v) is 15.8. The van der Waals surface area contributed by atoms with E-state index in [1.54, 1.807) is 0 Å². The van der Waals surface area contributed by atoms with Crippen LogP contribution in [0.25, 0.3) is 0 Å². The smallest absolute Gasteiger partial charge is 0.0115 e. The third kappa shape index (κ3) is 25.3. The quantitative estimate of drug-likeness (QED) is 0.101. The zero-order valence-corrected chi connectivity index (χ0v) is 25.5. The van der Waals surface area contributed by atoms with E-state index in [2.05, 4.69) is 39.8 Å². The van der Waals surface area contributed by atoms with E-state index in [0.29, 0.717) is 0 Å². The van der Waals surface area contributed by atoms with Crippen LogP contribution in [-0.2, 0) is 0 Å². The molecule has 0 aromatic carbocycles. The van der Waals surface area contributed by atoms with Crippen LogP contribution in [0.4, 0.5) is 0 Å². The van der Waals surface area contributed by atoms with Gasteiger partial charge in [0.05, 0.1) is 0 Å². The molecule has 1 nitrogen and oxygen atoms in total. The standard InChI is InChI=1S/C32H67N.ClH/c1-6-8-10-12-14-16-18-20-22-24-26-28-30-32(33(4)5)31(3)29-27-25-23-21-19-17-15-13-11-9-7-2;/h31-32H,6-30H2,1-5H3;1H. The summed E-state index contributed by atoms with van der Waals surface area (Å²) >= 11 is 0. The lowest BCUT2D eigenvalue weighted by atomic mass is 9.90. The molecule has 0 heterocycles. The Morgan fingerprint density at radius 3 is 0.971 bits per heavy atom. The zero-order chi connectivity index (χ0) is 24.4. The minimum atomic E-state index is 0. The summed E-state index contributed by atoms with van der Waals surface area (Å²) in [7, 11) is 4.62. The van der Waals surface area contributed by atoms with Gasteiger partial charge in [-0.25, -0.2) is 0 Å². The van der Waals surface area contributed by atoms with Crippen molar-refractivity contribution in [2.45, 2.75) is 187 Å². The molecule has 0 amide bonds. The van der Waals surface area contributed by atoms with Crippen LogP contribution >= 0.6 is 12.4 Å². The number of hydrogen-bond donors (Lipinski definition) is 0. The molecule has 0 rings (SSSR count). The highest BCUT2D eigenvalue weighted by molar-refractivity contribution is 5.85. The SMILES string of the molecule is CCCCCCCCCCCCCCC(C(C)CCCCCCCCCCCCC)N(C)C.Cl. The van der Waals surface area contributed by atoms with Crippen LogP contribution in [0, 0.1) is 5.92 Å². The van der Waals surface area contributed by atoms with Gasteiger partial charge in [-0.1, -0.05) is 168 Å². The zero-order valence-electron chi connectivity index (χ0n) is 24.7. The minimum Gasteiger partial charge on any atom is -0.306 e. The van der Waals surface area contributed by atoms with Gasteiger partial charge < -0.3 is 4.90 Å². The maximum absolute atomic E-state index is 2.52. The van der Waals surface area contributed by atoms with E-state index in [1.807, 2.05) is 0 Å². The predicted octanol–water partition coefficient (Wildman–Crippen LogP) is 11.8. The Bertz CT molecular complexity index is 357. The summed E-state index contributed by atoms with van der Waals surface area (Å²) < 4.78 is 0. The van der Waals surface area contributed by atoms with Crippen LogP contribution in [0.5, 0.6) is 0 Å². The van der Waals surface area contributed by atoms with Gasteiger partial charge >= 0.3 is 0 Å². The molecule has 0 bridgehead atoms. The van der Waals surface area contributed by atoms with Crippen LogP contribution in [0.2, 0.25) is 0 Å². The largest absolute Gasteiger partial charge is 0.306 e. The van der Waals surface area contributed by atoms with Gasteiger partial charge in [0.2, 0.25) is 0 Å². The van der Waals surface area contributed by atoms with E-state index in [9.17, 15) is 0 Å². The molecule has 0 saturated heterocycles. The number of hydrogen-bond acceptors (Lipinski definition) is 1. The monoisotopic (exact) mass is 502 g/mol. The summed E-state index contributed by atoms with van der Waals surface area (Å²) in [5.74, 6) is 0.853. The lowest BCUT2D eigenvalue weighted by Gasteiger charge is -2.30. The molecule has 0 aliphatic rings. The third-order valence-electron chi connectivity index (χ3n) is 7.94. The Kier molecular flexibility index (Phi) is 31.6. The van der Waals surface area contributed by atoms with Gasteiger partial charge in [0.15, 0.2) is 0 Å². The molecule has 2 atom stereocenters. The average molecular weight is 502 g/mol. The number of rotatable bonds is 27. The second-order valence-corrected chi connectivity index (χ2v) is 11.5. The fraction of sp³-hybridized carbons (Fsp3) is 1.00. The van der Waals surface area contributed by atoms with Gasteiger partial charge in [-0.3, -0.25) is 0 Å². The lowest BCUT2D eigenvalue weighted by molar-refractivity contribution is 0.192. The van der Waals surface area contributed by atoms with E-state index < -0.39 is 0 Å². The van der Waals surface area contributed by atoms with Crippen LogP contribution in [0.1, 0.15) is 181 Å². The molecule has 0 aliphatic heterocycles. The molecule has 2 unspecified atom stereocenters. The van der Waals surface area contributed by atoms with Crippen molar-refractivity contribution in [2.75, 3.05) is 14.1 Å². The average Bonchev–Trinajstić information content (AvgIpc) is 2.80. The van der Waals surface area contributed by atoms with E-state index in [-0.39, 0.29) is 12.4 Å². The number of halogens is 1. The van der Waals surface area contributed by atoms with Gasteiger partial charge in [0, 0.05) is 6.04 Å². The van der Waals surface area contributed by atoms with Crippen molar-refractivity contribution in [3.63, 3.8) is 0 Å². The second kappa shape index (κ2) is 29.5. The molecule has 0 fully saturated rings. The van der Waals surface area contributed by atoms with Gasteiger partial charge in [-0.2, -0.15) is 0 Å². The molecule has 34 heavy (non-hydrogen) atoms. The van der Waals surface area contributed by atoms with Crippen LogP contribution in [0.3, 0.4) is 0 Å². The molecule has 0 aromatic rings. The van der Waals surface area contributed by atoms with E-state index in [0.717, 1.165) is 12.0 Å². The molecule has 0 N–H and O–H groups in total. The van der Waals surface area contributed by atoms with Gasteiger partial charge in [0.25, 0.3) is 0 Å². The first kappa shape index (κ1) is 36.4. The summed E-state index contributed by atoms with van der Waals surface area (Å²) in [5.41, 5.74) is 0. The summed E-state index contributed by atoms with van der Waals surface area (Å²) in [6.07, 6.45) is 36.3. The molecule has 208 valence electrons. The Morgan fingerprint density at radius 1 is 0.412 bits per heavy atom. The van der Waals surface area contributed by atoms with Crippen molar-refractivity contribution >= 4 is 12.4 Å². The molecule has 0 saturated carbocycles. The van der Waals surface area contributed by atoms with Crippen molar-refractivity contribution in [3.05, 3.63) is 0 Å². The first-order chi connectivity index (χ1) is 16.1. The van der Waals surface area contributed by atoms with Crippen molar-refractivity contribution in [1.29, 1.82) is 0 Å².